The highest BCUT2D eigenvalue weighted by molar-refractivity contribution is 7.89. The van der Waals surface area contributed by atoms with Gasteiger partial charge in [-0.2, -0.15) is 0 Å². The number of halogens is 2. The van der Waals surface area contributed by atoms with Crippen LogP contribution in [0.4, 0.5) is 8.78 Å². The highest BCUT2D eigenvalue weighted by atomic mass is 32.2. The summed E-state index contributed by atoms with van der Waals surface area (Å²) >= 11 is 0. The van der Waals surface area contributed by atoms with E-state index in [9.17, 15) is 17.2 Å². The summed E-state index contributed by atoms with van der Waals surface area (Å²) in [6.07, 6.45) is -5.09. The molecule has 0 heterocycles. The zero-order valence-electron chi connectivity index (χ0n) is 12.0. The van der Waals surface area contributed by atoms with Gasteiger partial charge in [0.1, 0.15) is 11.9 Å². The van der Waals surface area contributed by atoms with Gasteiger partial charge in [-0.25, -0.2) is 21.9 Å². The van der Waals surface area contributed by atoms with Crippen molar-refractivity contribution in [2.75, 3.05) is 6.54 Å². The van der Waals surface area contributed by atoms with Gasteiger partial charge in [0, 0.05) is 6.54 Å². The van der Waals surface area contributed by atoms with Crippen molar-refractivity contribution in [3.8, 4) is 5.75 Å². The molecule has 0 spiro atoms. The van der Waals surface area contributed by atoms with Crippen LogP contribution in [0.5, 0.6) is 5.75 Å². The molecule has 1 unspecified atom stereocenters. The second kappa shape index (κ2) is 7.15. The Morgan fingerprint density at radius 2 is 1.95 bits per heavy atom. The van der Waals surface area contributed by atoms with Crippen LogP contribution in [0, 0.1) is 6.92 Å². The van der Waals surface area contributed by atoms with Gasteiger partial charge in [-0.1, -0.05) is 0 Å². The molecule has 2 N–H and O–H groups in total. The first-order valence-electron chi connectivity index (χ1n) is 6.36. The Morgan fingerprint density at radius 1 is 1.33 bits per heavy atom. The number of rotatable bonds is 7. The van der Waals surface area contributed by atoms with Crippen molar-refractivity contribution in [3.05, 3.63) is 23.8 Å². The predicted molar refractivity (Wildman–Crippen MR) is 74.1 cm³/mol. The lowest BCUT2D eigenvalue weighted by molar-refractivity contribution is -0.000451. The second-order valence-corrected chi connectivity index (χ2v) is 6.61. The molecule has 1 atom stereocenters. The van der Waals surface area contributed by atoms with Crippen LogP contribution >= 0.6 is 0 Å². The number of benzene rings is 1. The van der Waals surface area contributed by atoms with Gasteiger partial charge in [-0.15, -0.1) is 0 Å². The first-order valence-corrected chi connectivity index (χ1v) is 7.85. The number of nitrogens with one attached hydrogen (secondary N) is 1. The van der Waals surface area contributed by atoms with E-state index in [1.165, 1.54) is 18.2 Å². The fourth-order valence-corrected chi connectivity index (χ4v) is 2.68. The molecular weight excluding hydrogens is 304 g/mol. The Kier molecular flexibility index (Phi) is 6.06. The van der Waals surface area contributed by atoms with Crippen molar-refractivity contribution in [1.29, 1.82) is 0 Å². The summed E-state index contributed by atoms with van der Waals surface area (Å²) in [7, 11) is -3.96. The van der Waals surface area contributed by atoms with Gasteiger partial charge in [-0.3, -0.25) is 0 Å². The maximum Gasteiger partial charge on any atom is 0.265 e. The van der Waals surface area contributed by atoms with Crippen LogP contribution in [-0.4, -0.2) is 38.7 Å². The maximum atomic E-state index is 12.1. The number of aliphatic hydroxyl groups is 1. The lowest BCUT2D eigenvalue weighted by Crippen LogP contribution is -2.35. The van der Waals surface area contributed by atoms with Crippen molar-refractivity contribution in [2.45, 2.75) is 44.3 Å². The first-order chi connectivity index (χ1) is 9.63. The molecule has 0 aliphatic rings. The summed E-state index contributed by atoms with van der Waals surface area (Å²) in [5, 5.41) is 8.94. The van der Waals surface area contributed by atoms with Crippen LogP contribution in [0.3, 0.4) is 0 Å². The third kappa shape index (κ3) is 5.22. The molecule has 0 radical (unpaired) electrons. The van der Waals surface area contributed by atoms with Crippen LogP contribution in [0.1, 0.15) is 19.4 Å². The number of sulfonamides is 1. The number of alkyl halides is 2. The highest BCUT2D eigenvalue weighted by Gasteiger charge is 2.21. The van der Waals surface area contributed by atoms with E-state index < -0.39 is 29.1 Å². The second-order valence-electron chi connectivity index (χ2n) is 4.85. The third-order valence-electron chi connectivity index (χ3n) is 2.59. The zero-order chi connectivity index (χ0) is 16.2. The molecule has 0 bridgehead atoms. The van der Waals surface area contributed by atoms with Crippen LogP contribution in [0.2, 0.25) is 0 Å². The molecule has 0 saturated carbocycles. The smallest absolute Gasteiger partial charge is 0.265 e. The number of aryl methyl sites for hydroxylation is 1. The Morgan fingerprint density at radius 3 is 2.43 bits per heavy atom. The highest BCUT2D eigenvalue weighted by Crippen LogP contribution is 2.22. The molecular formula is C13H19F2NO4S. The van der Waals surface area contributed by atoms with Crippen LogP contribution < -0.4 is 9.46 Å². The normalized spacial score (nSPS) is 13.7. The SMILES string of the molecule is Cc1cc(S(=O)(=O)NCC(O)C(F)F)ccc1OC(C)C. The van der Waals surface area contributed by atoms with Crippen LogP contribution in [0.15, 0.2) is 23.1 Å². The molecule has 0 aromatic heterocycles. The van der Waals surface area contributed by atoms with Crippen molar-refractivity contribution >= 4 is 10.0 Å². The summed E-state index contributed by atoms with van der Waals surface area (Å²) in [6.45, 7) is 4.63. The molecule has 8 heteroatoms. The number of aliphatic hydroxyl groups excluding tert-OH is 1. The summed E-state index contributed by atoms with van der Waals surface area (Å²) in [6, 6.07) is 4.21. The third-order valence-corrected chi connectivity index (χ3v) is 4.01. The van der Waals surface area contributed by atoms with Gasteiger partial charge in [0.15, 0.2) is 0 Å². The number of hydrogen-bond donors (Lipinski definition) is 2. The van der Waals surface area contributed by atoms with E-state index >= 15 is 0 Å². The molecule has 0 aliphatic heterocycles. The minimum atomic E-state index is -3.96. The molecule has 0 fully saturated rings. The average Bonchev–Trinajstić information content (AvgIpc) is 2.37. The van der Waals surface area contributed by atoms with Crippen molar-refractivity contribution in [1.82, 2.24) is 4.72 Å². The largest absolute Gasteiger partial charge is 0.491 e. The predicted octanol–water partition coefficient (Wildman–Crippen LogP) is 1.69. The first kappa shape index (κ1) is 17.8. The van der Waals surface area contributed by atoms with Gasteiger partial charge in [0.05, 0.1) is 11.0 Å². The minimum absolute atomic E-state index is 0.0505. The van der Waals surface area contributed by atoms with E-state index in [4.69, 9.17) is 9.84 Å². The maximum absolute atomic E-state index is 12.1. The standard InChI is InChI=1S/C13H19F2NO4S/c1-8(2)20-12-5-4-10(6-9(12)3)21(18,19)16-7-11(17)13(14)15/h4-6,8,11,13,16-17H,7H2,1-3H3. The number of ether oxygens (including phenoxy) is 1. The molecule has 0 amide bonds. The summed E-state index contributed by atoms with van der Waals surface area (Å²) < 4.78 is 55.6. The molecule has 5 nitrogen and oxygen atoms in total. The molecule has 21 heavy (non-hydrogen) atoms. The molecule has 0 saturated heterocycles. The Bertz CT molecular complexity index is 576. The number of hydrogen-bond acceptors (Lipinski definition) is 4. The van der Waals surface area contributed by atoms with E-state index in [2.05, 4.69) is 0 Å². The van der Waals surface area contributed by atoms with Crippen LogP contribution in [0.25, 0.3) is 0 Å². The fourth-order valence-electron chi connectivity index (χ4n) is 1.54. The van der Waals surface area contributed by atoms with E-state index in [-0.39, 0.29) is 11.0 Å². The molecule has 1 rings (SSSR count). The van der Waals surface area contributed by atoms with E-state index in [1.807, 2.05) is 18.6 Å². The van der Waals surface area contributed by atoms with Crippen molar-refractivity contribution < 1.29 is 27.0 Å². The Labute approximate surface area is 123 Å². The molecule has 120 valence electrons. The molecule has 0 aliphatic carbocycles. The van der Waals surface area contributed by atoms with Gasteiger partial charge in [-0.05, 0) is 44.5 Å². The zero-order valence-corrected chi connectivity index (χ0v) is 12.8. The van der Waals surface area contributed by atoms with E-state index in [1.54, 1.807) is 6.92 Å². The lowest BCUT2D eigenvalue weighted by atomic mass is 10.2. The quantitative estimate of drug-likeness (QED) is 0.800. The van der Waals surface area contributed by atoms with Gasteiger partial charge >= 0.3 is 0 Å². The van der Waals surface area contributed by atoms with Gasteiger partial charge in [0.2, 0.25) is 10.0 Å². The van der Waals surface area contributed by atoms with Crippen molar-refractivity contribution in [2.24, 2.45) is 0 Å². The summed E-state index contributed by atoms with van der Waals surface area (Å²) in [5.41, 5.74) is 0.612. The summed E-state index contributed by atoms with van der Waals surface area (Å²) in [5.74, 6) is 0.552. The van der Waals surface area contributed by atoms with E-state index in [0.717, 1.165) is 0 Å². The molecule has 1 aromatic carbocycles. The minimum Gasteiger partial charge on any atom is -0.491 e. The van der Waals surface area contributed by atoms with Gasteiger partial charge < -0.3 is 9.84 Å². The average molecular weight is 323 g/mol. The van der Waals surface area contributed by atoms with E-state index in [0.29, 0.717) is 11.3 Å². The topological polar surface area (TPSA) is 75.6 Å². The molecule has 1 aromatic rings. The summed E-state index contributed by atoms with van der Waals surface area (Å²) in [4.78, 5) is -0.0717. The monoisotopic (exact) mass is 323 g/mol. The Hall–Kier alpha value is -1.25. The lowest BCUT2D eigenvalue weighted by Gasteiger charge is -2.14. The Balaban J connectivity index is 2.87. The fraction of sp³-hybridized carbons (Fsp3) is 0.538. The van der Waals surface area contributed by atoms with Crippen LogP contribution in [-0.2, 0) is 10.0 Å². The van der Waals surface area contributed by atoms with Gasteiger partial charge in [0.25, 0.3) is 6.43 Å². The van der Waals surface area contributed by atoms with Crippen molar-refractivity contribution in [3.63, 3.8) is 0 Å².